The molecule has 3 rings (SSSR count). The normalized spacial score (nSPS) is 11.9. The zero-order chi connectivity index (χ0) is 16.2. The highest BCUT2D eigenvalue weighted by Gasteiger charge is 2.15. The molecular formula is C18H16BrN3O. The number of hydrogen-bond acceptors (Lipinski definition) is 2. The van der Waals surface area contributed by atoms with Crippen molar-refractivity contribution >= 4 is 21.8 Å². The van der Waals surface area contributed by atoms with Crippen molar-refractivity contribution in [1.82, 2.24) is 15.1 Å². The van der Waals surface area contributed by atoms with Gasteiger partial charge < -0.3 is 5.32 Å². The average molecular weight is 370 g/mol. The molecule has 23 heavy (non-hydrogen) atoms. The van der Waals surface area contributed by atoms with Crippen LogP contribution in [0, 0.1) is 0 Å². The monoisotopic (exact) mass is 369 g/mol. The van der Waals surface area contributed by atoms with Crippen molar-refractivity contribution in [2.45, 2.75) is 13.0 Å². The number of benzene rings is 2. The fourth-order valence-corrected chi connectivity index (χ4v) is 2.97. The molecule has 3 aromatic rings. The number of carbonyl (C=O) groups is 1. The molecule has 0 spiro atoms. The summed E-state index contributed by atoms with van der Waals surface area (Å²) in [4.78, 5) is 12.4. The quantitative estimate of drug-likeness (QED) is 0.751. The number of aromatic nitrogens is 2. The van der Waals surface area contributed by atoms with E-state index in [1.54, 1.807) is 17.1 Å². The van der Waals surface area contributed by atoms with E-state index in [0.29, 0.717) is 5.56 Å². The molecule has 1 unspecified atom stereocenters. The van der Waals surface area contributed by atoms with Crippen molar-refractivity contribution in [3.05, 3.63) is 82.6 Å². The molecule has 0 bridgehead atoms. The number of nitrogens with zero attached hydrogens (tertiary/aromatic N) is 2. The zero-order valence-corrected chi connectivity index (χ0v) is 14.2. The Labute approximate surface area is 143 Å². The molecule has 116 valence electrons. The van der Waals surface area contributed by atoms with E-state index >= 15 is 0 Å². The van der Waals surface area contributed by atoms with E-state index in [2.05, 4.69) is 26.3 Å². The molecule has 0 aliphatic carbocycles. The van der Waals surface area contributed by atoms with Crippen LogP contribution in [0.5, 0.6) is 0 Å². The molecule has 0 aliphatic heterocycles. The third-order valence-electron chi connectivity index (χ3n) is 3.58. The van der Waals surface area contributed by atoms with Crippen molar-refractivity contribution in [2.75, 3.05) is 0 Å². The highest BCUT2D eigenvalue weighted by molar-refractivity contribution is 9.10. The smallest absolute Gasteiger partial charge is 0.254 e. The van der Waals surface area contributed by atoms with E-state index in [4.69, 9.17) is 0 Å². The molecule has 2 aromatic carbocycles. The van der Waals surface area contributed by atoms with Gasteiger partial charge in [-0.05, 0) is 30.7 Å². The Morgan fingerprint density at radius 1 is 1.13 bits per heavy atom. The minimum absolute atomic E-state index is 0.0989. The number of halogens is 1. The fraction of sp³-hybridized carbons (Fsp3) is 0.111. The SMILES string of the molecule is CC(NC(=O)c1cnn(-c2ccccc2)c1)c1ccccc1Br. The van der Waals surface area contributed by atoms with Crippen LogP contribution in [0.4, 0.5) is 0 Å². The maximum absolute atomic E-state index is 12.4. The predicted octanol–water partition coefficient (Wildman–Crippen LogP) is 4.13. The molecule has 0 fully saturated rings. The topological polar surface area (TPSA) is 46.9 Å². The summed E-state index contributed by atoms with van der Waals surface area (Å²) in [7, 11) is 0. The molecule has 5 heteroatoms. The van der Waals surface area contributed by atoms with E-state index in [0.717, 1.165) is 15.7 Å². The van der Waals surface area contributed by atoms with Crippen LogP contribution in [0.25, 0.3) is 5.69 Å². The number of rotatable bonds is 4. The molecule has 0 saturated carbocycles. The summed E-state index contributed by atoms with van der Waals surface area (Å²) >= 11 is 3.51. The van der Waals surface area contributed by atoms with Crippen LogP contribution in [0.3, 0.4) is 0 Å². The first kappa shape index (κ1) is 15.5. The summed E-state index contributed by atoms with van der Waals surface area (Å²) in [6.07, 6.45) is 3.31. The van der Waals surface area contributed by atoms with Crippen LogP contribution in [0.1, 0.15) is 28.9 Å². The van der Waals surface area contributed by atoms with Crippen LogP contribution >= 0.6 is 15.9 Å². The summed E-state index contributed by atoms with van der Waals surface area (Å²) in [5.74, 6) is -0.143. The Balaban J connectivity index is 1.74. The highest BCUT2D eigenvalue weighted by Crippen LogP contribution is 2.23. The van der Waals surface area contributed by atoms with Crippen LogP contribution in [0.15, 0.2) is 71.5 Å². The van der Waals surface area contributed by atoms with E-state index in [1.807, 2.05) is 61.5 Å². The minimum atomic E-state index is -0.143. The Morgan fingerprint density at radius 2 is 1.83 bits per heavy atom. The lowest BCUT2D eigenvalue weighted by Gasteiger charge is -2.15. The second kappa shape index (κ2) is 6.79. The van der Waals surface area contributed by atoms with E-state index in [-0.39, 0.29) is 11.9 Å². The summed E-state index contributed by atoms with van der Waals surface area (Å²) in [5, 5.41) is 7.25. The first-order valence-corrected chi connectivity index (χ1v) is 8.10. The molecule has 1 atom stereocenters. The fourth-order valence-electron chi connectivity index (χ4n) is 2.35. The summed E-state index contributed by atoms with van der Waals surface area (Å²) in [6, 6.07) is 17.5. The molecule has 4 nitrogen and oxygen atoms in total. The van der Waals surface area contributed by atoms with Crippen LogP contribution in [-0.4, -0.2) is 15.7 Å². The van der Waals surface area contributed by atoms with Gasteiger partial charge in [0, 0.05) is 10.7 Å². The van der Waals surface area contributed by atoms with Crippen molar-refractivity contribution in [3.63, 3.8) is 0 Å². The lowest BCUT2D eigenvalue weighted by Crippen LogP contribution is -2.26. The molecule has 0 aliphatic rings. The Bertz CT molecular complexity index is 814. The lowest BCUT2D eigenvalue weighted by atomic mass is 10.1. The summed E-state index contributed by atoms with van der Waals surface area (Å²) < 4.78 is 2.67. The molecule has 1 heterocycles. The standard InChI is InChI=1S/C18H16BrN3O/c1-13(16-9-5-6-10-17(16)19)21-18(23)14-11-20-22(12-14)15-7-3-2-4-8-15/h2-13H,1H3,(H,21,23). The highest BCUT2D eigenvalue weighted by atomic mass is 79.9. The molecule has 1 amide bonds. The van der Waals surface area contributed by atoms with Crippen molar-refractivity contribution < 1.29 is 4.79 Å². The molecule has 1 N–H and O–H groups in total. The lowest BCUT2D eigenvalue weighted by molar-refractivity contribution is 0.0940. The third-order valence-corrected chi connectivity index (χ3v) is 4.31. The Morgan fingerprint density at radius 3 is 2.57 bits per heavy atom. The number of para-hydroxylation sites is 1. The van der Waals surface area contributed by atoms with Crippen LogP contribution in [0.2, 0.25) is 0 Å². The largest absolute Gasteiger partial charge is 0.345 e. The Hall–Kier alpha value is -2.40. The van der Waals surface area contributed by atoms with Gasteiger partial charge >= 0.3 is 0 Å². The van der Waals surface area contributed by atoms with Gasteiger partial charge in [0.05, 0.1) is 23.5 Å². The van der Waals surface area contributed by atoms with Gasteiger partial charge in [-0.15, -0.1) is 0 Å². The number of nitrogens with one attached hydrogen (secondary N) is 1. The second-order valence-electron chi connectivity index (χ2n) is 5.23. The number of amides is 1. The van der Waals surface area contributed by atoms with E-state index in [1.165, 1.54) is 0 Å². The molecule has 0 radical (unpaired) electrons. The van der Waals surface area contributed by atoms with Gasteiger partial charge in [-0.1, -0.05) is 52.3 Å². The first-order valence-electron chi connectivity index (χ1n) is 7.30. The third kappa shape index (κ3) is 3.51. The molecular weight excluding hydrogens is 354 g/mol. The van der Waals surface area contributed by atoms with Gasteiger partial charge in [-0.2, -0.15) is 5.10 Å². The zero-order valence-electron chi connectivity index (χ0n) is 12.6. The van der Waals surface area contributed by atoms with Crippen LogP contribution < -0.4 is 5.32 Å². The van der Waals surface area contributed by atoms with Gasteiger partial charge in [-0.25, -0.2) is 4.68 Å². The maximum atomic E-state index is 12.4. The van der Waals surface area contributed by atoms with E-state index < -0.39 is 0 Å². The van der Waals surface area contributed by atoms with Crippen molar-refractivity contribution in [2.24, 2.45) is 0 Å². The molecule has 0 saturated heterocycles. The predicted molar refractivity (Wildman–Crippen MR) is 93.6 cm³/mol. The summed E-state index contributed by atoms with van der Waals surface area (Å²) in [6.45, 7) is 1.96. The Kier molecular flexibility index (Phi) is 4.57. The van der Waals surface area contributed by atoms with Crippen molar-refractivity contribution in [3.8, 4) is 5.69 Å². The minimum Gasteiger partial charge on any atom is -0.345 e. The van der Waals surface area contributed by atoms with Gasteiger partial charge in [0.1, 0.15) is 0 Å². The van der Waals surface area contributed by atoms with Crippen LogP contribution in [-0.2, 0) is 0 Å². The summed E-state index contributed by atoms with van der Waals surface area (Å²) in [5.41, 5.74) is 2.49. The second-order valence-corrected chi connectivity index (χ2v) is 6.08. The average Bonchev–Trinajstić information content (AvgIpc) is 3.06. The van der Waals surface area contributed by atoms with Gasteiger partial charge in [-0.3, -0.25) is 4.79 Å². The number of carbonyl (C=O) groups excluding carboxylic acids is 1. The van der Waals surface area contributed by atoms with Gasteiger partial charge in [0.15, 0.2) is 0 Å². The number of hydrogen-bond donors (Lipinski definition) is 1. The van der Waals surface area contributed by atoms with Gasteiger partial charge in [0.25, 0.3) is 5.91 Å². The van der Waals surface area contributed by atoms with Gasteiger partial charge in [0.2, 0.25) is 0 Å². The van der Waals surface area contributed by atoms with Crippen molar-refractivity contribution in [1.29, 1.82) is 0 Å². The van der Waals surface area contributed by atoms with E-state index in [9.17, 15) is 4.79 Å². The first-order chi connectivity index (χ1) is 11.1. The molecule has 1 aromatic heterocycles. The maximum Gasteiger partial charge on any atom is 0.254 e.